The van der Waals surface area contributed by atoms with Crippen molar-refractivity contribution in [1.29, 1.82) is 0 Å². The van der Waals surface area contributed by atoms with Gasteiger partial charge in [-0.3, -0.25) is 4.90 Å². The van der Waals surface area contributed by atoms with Gasteiger partial charge in [-0.1, -0.05) is 6.07 Å². The summed E-state index contributed by atoms with van der Waals surface area (Å²) >= 11 is 0. The number of nitrogens with zero attached hydrogens (tertiary/aromatic N) is 1. The van der Waals surface area contributed by atoms with Crippen molar-refractivity contribution in [1.82, 2.24) is 5.32 Å². The van der Waals surface area contributed by atoms with E-state index < -0.39 is 0 Å². The van der Waals surface area contributed by atoms with Gasteiger partial charge in [-0.15, -0.1) is 0 Å². The van der Waals surface area contributed by atoms with Crippen LogP contribution < -0.4 is 10.2 Å². The lowest BCUT2D eigenvalue weighted by Gasteiger charge is -2.21. The van der Waals surface area contributed by atoms with Crippen LogP contribution in [0.4, 0.5) is 14.9 Å². The van der Waals surface area contributed by atoms with E-state index >= 15 is 0 Å². The maximum absolute atomic E-state index is 13.0. The van der Waals surface area contributed by atoms with E-state index in [2.05, 4.69) is 5.32 Å². The highest BCUT2D eigenvalue weighted by Crippen LogP contribution is 2.21. The molecule has 1 aliphatic rings. The standard InChI is InChI=1S/C12H15FN2O/c1-2-15(12(16)14-10-6-7-10)11-5-3-4-9(13)8-11/h3-5,8,10H,2,6-7H2,1H3,(H,14,16). The zero-order valence-electron chi connectivity index (χ0n) is 9.24. The molecule has 1 aromatic carbocycles. The summed E-state index contributed by atoms with van der Waals surface area (Å²) in [5.41, 5.74) is 0.598. The van der Waals surface area contributed by atoms with Crippen LogP contribution in [-0.2, 0) is 0 Å². The molecule has 0 atom stereocenters. The van der Waals surface area contributed by atoms with E-state index in [4.69, 9.17) is 0 Å². The van der Waals surface area contributed by atoms with Crippen molar-refractivity contribution >= 4 is 11.7 Å². The average Bonchev–Trinajstić information content (AvgIpc) is 3.03. The van der Waals surface area contributed by atoms with Crippen molar-refractivity contribution in [2.45, 2.75) is 25.8 Å². The van der Waals surface area contributed by atoms with Crippen molar-refractivity contribution in [3.63, 3.8) is 0 Å². The number of benzene rings is 1. The van der Waals surface area contributed by atoms with Crippen LogP contribution in [0.25, 0.3) is 0 Å². The summed E-state index contributed by atoms with van der Waals surface area (Å²) in [4.78, 5) is 13.4. The third-order valence-electron chi connectivity index (χ3n) is 2.59. The second-order valence-electron chi connectivity index (χ2n) is 3.95. The first-order valence-corrected chi connectivity index (χ1v) is 5.54. The third kappa shape index (κ3) is 2.51. The second kappa shape index (κ2) is 4.51. The highest BCUT2D eigenvalue weighted by atomic mass is 19.1. The molecule has 1 aromatic rings. The molecule has 0 radical (unpaired) electrons. The molecular weight excluding hydrogens is 207 g/mol. The Kier molecular flexibility index (Phi) is 3.08. The van der Waals surface area contributed by atoms with Crippen molar-refractivity contribution in [2.24, 2.45) is 0 Å². The first kappa shape index (κ1) is 10.9. The molecule has 2 rings (SSSR count). The Balaban J connectivity index is 2.11. The third-order valence-corrected chi connectivity index (χ3v) is 2.59. The van der Waals surface area contributed by atoms with Gasteiger partial charge in [-0.2, -0.15) is 0 Å². The minimum absolute atomic E-state index is 0.143. The maximum atomic E-state index is 13.0. The summed E-state index contributed by atoms with van der Waals surface area (Å²) < 4.78 is 13.0. The van der Waals surface area contributed by atoms with Crippen molar-refractivity contribution in [3.8, 4) is 0 Å². The van der Waals surface area contributed by atoms with Gasteiger partial charge in [0.1, 0.15) is 5.82 Å². The SMILES string of the molecule is CCN(C(=O)NC1CC1)c1cccc(F)c1. The fourth-order valence-electron chi connectivity index (χ4n) is 1.57. The molecule has 16 heavy (non-hydrogen) atoms. The molecule has 3 nitrogen and oxygen atoms in total. The van der Waals surface area contributed by atoms with Gasteiger partial charge in [0, 0.05) is 18.3 Å². The Hall–Kier alpha value is -1.58. The Morgan fingerprint density at radius 2 is 2.31 bits per heavy atom. The monoisotopic (exact) mass is 222 g/mol. The molecule has 4 heteroatoms. The van der Waals surface area contributed by atoms with Gasteiger partial charge >= 0.3 is 6.03 Å². The van der Waals surface area contributed by atoms with E-state index in [0.717, 1.165) is 12.8 Å². The van der Waals surface area contributed by atoms with Gasteiger partial charge in [0.15, 0.2) is 0 Å². The normalized spacial score (nSPS) is 14.6. The molecule has 86 valence electrons. The minimum atomic E-state index is -0.324. The molecule has 2 amide bonds. The van der Waals surface area contributed by atoms with Gasteiger partial charge in [0.25, 0.3) is 0 Å². The zero-order chi connectivity index (χ0) is 11.5. The van der Waals surface area contributed by atoms with Crippen LogP contribution >= 0.6 is 0 Å². The Labute approximate surface area is 94.3 Å². The molecule has 0 saturated heterocycles. The maximum Gasteiger partial charge on any atom is 0.322 e. The highest BCUT2D eigenvalue weighted by molar-refractivity contribution is 5.92. The predicted molar refractivity (Wildman–Crippen MR) is 61.0 cm³/mol. The average molecular weight is 222 g/mol. The van der Waals surface area contributed by atoms with Crippen LogP contribution in [0.15, 0.2) is 24.3 Å². The number of hydrogen-bond donors (Lipinski definition) is 1. The molecule has 0 spiro atoms. The number of amides is 2. The number of anilines is 1. The molecule has 1 saturated carbocycles. The summed E-state index contributed by atoms with van der Waals surface area (Å²) in [6.07, 6.45) is 2.10. The first-order valence-electron chi connectivity index (χ1n) is 5.54. The fourth-order valence-corrected chi connectivity index (χ4v) is 1.57. The van der Waals surface area contributed by atoms with Crippen LogP contribution in [0.3, 0.4) is 0 Å². The van der Waals surface area contributed by atoms with Gasteiger partial charge in [-0.05, 0) is 38.0 Å². The zero-order valence-corrected chi connectivity index (χ0v) is 9.24. The van der Waals surface area contributed by atoms with Crippen LogP contribution in [0, 0.1) is 5.82 Å². The lowest BCUT2D eigenvalue weighted by molar-refractivity contribution is 0.246. The summed E-state index contributed by atoms with van der Waals surface area (Å²) in [7, 11) is 0. The smallest absolute Gasteiger partial charge is 0.322 e. The van der Waals surface area contributed by atoms with Gasteiger partial charge in [0.2, 0.25) is 0 Å². The summed E-state index contributed by atoms with van der Waals surface area (Å²) in [6.45, 7) is 2.40. The van der Waals surface area contributed by atoms with Crippen molar-refractivity contribution in [2.75, 3.05) is 11.4 Å². The van der Waals surface area contributed by atoms with Crippen molar-refractivity contribution in [3.05, 3.63) is 30.1 Å². The second-order valence-corrected chi connectivity index (χ2v) is 3.95. The predicted octanol–water partition coefficient (Wildman–Crippen LogP) is 2.52. The molecule has 1 aliphatic carbocycles. The van der Waals surface area contributed by atoms with E-state index in [9.17, 15) is 9.18 Å². The van der Waals surface area contributed by atoms with Crippen LogP contribution in [0.2, 0.25) is 0 Å². The molecule has 0 aromatic heterocycles. The number of urea groups is 1. The largest absolute Gasteiger partial charge is 0.335 e. The molecule has 0 aliphatic heterocycles. The molecule has 0 unspecified atom stereocenters. The number of rotatable bonds is 3. The van der Waals surface area contributed by atoms with Gasteiger partial charge in [-0.25, -0.2) is 9.18 Å². The Morgan fingerprint density at radius 1 is 1.56 bits per heavy atom. The van der Waals surface area contributed by atoms with Gasteiger partial charge in [0.05, 0.1) is 0 Å². The lowest BCUT2D eigenvalue weighted by Crippen LogP contribution is -2.41. The lowest BCUT2D eigenvalue weighted by atomic mass is 10.3. The molecule has 0 heterocycles. The minimum Gasteiger partial charge on any atom is -0.335 e. The number of carbonyl (C=O) groups excluding carboxylic acids is 1. The summed E-state index contributed by atoms with van der Waals surface area (Å²) in [5, 5.41) is 2.89. The Bertz CT molecular complexity index is 390. The van der Waals surface area contributed by atoms with E-state index in [1.54, 1.807) is 17.0 Å². The summed E-state index contributed by atoms with van der Waals surface area (Å²) in [6, 6.07) is 6.26. The van der Waals surface area contributed by atoms with E-state index in [1.807, 2.05) is 6.92 Å². The molecule has 0 bridgehead atoms. The van der Waals surface area contributed by atoms with Crippen LogP contribution in [0.1, 0.15) is 19.8 Å². The van der Waals surface area contributed by atoms with Gasteiger partial charge < -0.3 is 5.32 Å². The quantitative estimate of drug-likeness (QED) is 0.837. The molecule has 1 N–H and O–H groups in total. The van der Waals surface area contributed by atoms with Crippen LogP contribution in [-0.4, -0.2) is 18.6 Å². The number of nitrogens with one attached hydrogen (secondary N) is 1. The number of halogens is 1. The van der Waals surface area contributed by atoms with Crippen molar-refractivity contribution < 1.29 is 9.18 Å². The Morgan fingerprint density at radius 3 is 2.88 bits per heavy atom. The highest BCUT2D eigenvalue weighted by Gasteiger charge is 2.25. The number of carbonyl (C=O) groups is 1. The van der Waals surface area contributed by atoms with E-state index in [1.165, 1.54) is 12.1 Å². The summed E-state index contributed by atoms with van der Waals surface area (Å²) in [5.74, 6) is -0.324. The number of hydrogen-bond acceptors (Lipinski definition) is 1. The van der Waals surface area contributed by atoms with E-state index in [0.29, 0.717) is 18.3 Å². The fraction of sp³-hybridized carbons (Fsp3) is 0.417. The topological polar surface area (TPSA) is 32.3 Å². The molecular formula is C12H15FN2O. The van der Waals surface area contributed by atoms with Crippen LogP contribution in [0.5, 0.6) is 0 Å². The molecule has 1 fully saturated rings. The van der Waals surface area contributed by atoms with E-state index in [-0.39, 0.29) is 11.8 Å². The first-order chi connectivity index (χ1) is 7.70.